The Morgan fingerprint density at radius 3 is 2.35 bits per heavy atom. The third-order valence-electron chi connectivity index (χ3n) is 3.62. The number of carbonyl (C=O) groups excluding carboxylic acids is 1. The van der Waals surface area contributed by atoms with Crippen molar-refractivity contribution in [2.24, 2.45) is 0 Å². The van der Waals surface area contributed by atoms with Gasteiger partial charge in [-0.1, -0.05) is 36.2 Å². The third-order valence-corrected chi connectivity index (χ3v) is 5.62. The molecule has 2 rings (SSSR count). The first-order chi connectivity index (χ1) is 12.1. The summed E-state index contributed by atoms with van der Waals surface area (Å²) in [4.78, 5) is 12.7. The number of hydrogen-bond acceptors (Lipinski definition) is 3. The van der Waals surface area contributed by atoms with E-state index >= 15 is 0 Å². The maximum atomic E-state index is 13.2. The largest absolute Gasteiger partial charge is 0.323 e. The van der Waals surface area contributed by atoms with Gasteiger partial charge in [0.05, 0.1) is 27.7 Å². The molecule has 0 spiro atoms. The van der Waals surface area contributed by atoms with Crippen molar-refractivity contribution in [2.45, 2.75) is 19.4 Å². The first-order valence-corrected chi connectivity index (χ1v) is 10.3. The number of benzene rings is 2. The molecule has 9 heteroatoms. The third kappa shape index (κ3) is 4.66. The van der Waals surface area contributed by atoms with E-state index in [9.17, 15) is 17.6 Å². The molecule has 1 amide bonds. The van der Waals surface area contributed by atoms with Crippen molar-refractivity contribution in [3.8, 4) is 0 Å². The summed E-state index contributed by atoms with van der Waals surface area (Å²) in [6.07, 6.45) is 1.17. The normalized spacial score (nSPS) is 12.5. The van der Waals surface area contributed by atoms with Crippen LogP contribution in [0.3, 0.4) is 0 Å². The SMILES string of the molecule is CCC(C(=O)Nc1cccc(Cl)c1Cl)N(c1ccc(F)cc1)S(C)(=O)=O. The van der Waals surface area contributed by atoms with Gasteiger partial charge in [-0.05, 0) is 42.8 Å². The summed E-state index contributed by atoms with van der Waals surface area (Å²) < 4.78 is 38.7. The van der Waals surface area contributed by atoms with E-state index in [0.29, 0.717) is 0 Å². The second kappa shape index (κ2) is 8.24. The van der Waals surface area contributed by atoms with Gasteiger partial charge in [-0.15, -0.1) is 0 Å². The topological polar surface area (TPSA) is 66.5 Å². The molecule has 0 aliphatic carbocycles. The minimum absolute atomic E-state index is 0.157. The lowest BCUT2D eigenvalue weighted by Gasteiger charge is -2.30. The number of halogens is 3. The molecule has 0 saturated carbocycles. The van der Waals surface area contributed by atoms with Crippen LogP contribution in [0.1, 0.15) is 13.3 Å². The highest BCUT2D eigenvalue weighted by Gasteiger charge is 2.31. The molecule has 5 nitrogen and oxygen atoms in total. The van der Waals surface area contributed by atoms with Gasteiger partial charge >= 0.3 is 0 Å². The van der Waals surface area contributed by atoms with Crippen LogP contribution in [-0.2, 0) is 14.8 Å². The van der Waals surface area contributed by atoms with E-state index in [2.05, 4.69) is 5.32 Å². The van der Waals surface area contributed by atoms with Gasteiger partial charge in [0.1, 0.15) is 11.9 Å². The minimum atomic E-state index is -3.81. The fourth-order valence-electron chi connectivity index (χ4n) is 2.46. The van der Waals surface area contributed by atoms with Crippen LogP contribution in [0, 0.1) is 5.82 Å². The van der Waals surface area contributed by atoms with E-state index < -0.39 is 27.8 Å². The molecule has 2 aromatic rings. The highest BCUT2D eigenvalue weighted by Crippen LogP contribution is 2.30. The Morgan fingerprint density at radius 2 is 1.81 bits per heavy atom. The summed E-state index contributed by atoms with van der Waals surface area (Å²) in [5, 5.41) is 3.02. The number of carbonyl (C=O) groups is 1. The molecule has 1 atom stereocenters. The Bertz CT molecular complexity index is 905. The molecule has 0 heterocycles. The summed E-state index contributed by atoms with van der Waals surface area (Å²) in [6.45, 7) is 1.67. The van der Waals surface area contributed by atoms with E-state index in [1.54, 1.807) is 25.1 Å². The van der Waals surface area contributed by atoms with Crippen molar-refractivity contribution in [3.63, 3.8) is 0 Å². The van der Waals surface area contributed by atoms with Crippen molar-refractivity contribution < 1.29 is 17.6 Å². The maximum Gasteiger partial charge on any atom is 0.248 e. The van der Waals surface area contributed by atoms with Crippen LogP contribution in [0.15, 0.2) is 42.5 Å². The summed E-state index contributed by atoms with van der Waals surface area (Å²) >= 11 is 12.0. The summed E-state index contributed by atoms with van der Waals surface area (Å²) in [5.74, 6) is -1.09. The highest BCUT2D eigenvalue weighted by molar-refractivity contribution is 7.92. The van der Waals surface area contributed by atoms with Gasteiger partial charge in [-0.25, -0.2) is 12.8 Å². The average Bonchev–Trinajstić information content (AvgIpc) is 2.56. The highest BCUT2D eigenvalue weighted by atomic mass is 35.5. The zero-order chi connectivity index (χ0) is 19.5. The lowest BCUT2D eigenvalue weighted by molar-refractivity contribution is -0.117. The minimum Gasteiger partial charge on any atom is -0.323 e. The number of rotatable bonds is 6. The predicted octanol–water partition coefficient (Wildman–Crippen LogP) is 4.32. The molecule has 0 bridgehead atoms. The van der Waals surface area contributed by atoms with Crippen molar-refractivity contribution in [1.29, 1.82) is 0 Å². The molecule has 140 valence electrons. The summed E-state index contributed by atoms with van der Waals surface area (Å²) in [7, 11) is -3.81. The standard InChI is InChI=1S/C17H17Cl2FN2O3S/c1-3-15(17(23)21-14-6-4-5-13(18)16(14)19)22(26(2,24)25)12-9-7-11(20)8-10-12/h4-10,15H,3H2,1-2H3,(H,21,23). The van der Waals surface area contributed by atoms with Crippen molar-refractivity contribution in [1.82, 2.24) is 0 Å². The lowest BCUT2D eigenvalue weighted by Crippen LogP contribution is -2.47. The van der Waals surface area contributed by atoms with Crippen LogP contribution in [0.2, 0.25) is 10.0 Å². The fraction of sp³-hybridized carbons (Fsp3) is 0.235. The summed E-state index contributed by atoms with van der Waals surface area (Å²) in [5.41, 5.74) is 0.461. The molecular weight excluding hydrogens is 402 g/mol. The van der Waals surface area contributed by atoms with Crippen LogP contribution in [0.25, 0.3) is 0 Å². The predicted molar refractivity (Wildman–Crippen MR) is 103 cm³/mol. The molecule has 2 aromatic carbocycles. The molecule has 26 heavy (non-hydrogen) atoms. The summed E-state index contributed by atoms with van der Waals surface area (Å²) in [6, 6.07) is 8.55. The van der Waals surface area contributed by atoms with E-state index in [4.69, 9.17) is 23.2 Å². The van der Waals surface area contributed by atoms with Crippen LogP contribution in [0.5, 0.6) is 0 Å². The van der Waals surface area contributed by atoms with Crippen LogP contribution < -0.4 is 9.62 Å². The van der Waals surface area contributed by atoms with Gasteiger partial charge in [0.25, 0.3) is 0 Å². The van der Waals surface area contributed by atoms with Crippen LogP contribution in [0.4, 0.5) is 15.8 Å². The molecule has 1 N–H and O–H groups in total. The monoisotopic (exact) mass is 418 g/mol. The van der Waals surface area contributed by atoms with E-state index in [-0.39, 0.29) is 27.8 Å². The van der Waals surface area contributed by atoms with Crippen molar-refractivity contribution in [3.05, 3.63) is 58.3 Å². The molecule has 1 unspecified atom stereocenters. The zero-order valence-corrected chi connectivity index (χ0v) is 16.4. The van der Waals surface area contributed by atoms with E-state index in [0.717, 1.165) is 22.7 Å². The maximum absolute atomic E-state index is 13.2. The van der Waals surface area contributed by atoms with Gasteiger partial charge < -0.3 is 5.32 Å². The Labute approximate surface area is 161 Å². The van der Waals surface area contributed by atoms with E-state index in [1.165, 1.54) is 12.1 Å². The zero-order valence-electron chi connectivity index (χ0n) is 14.0. The number of nitrogens with one attached hydrogen (secondary N) is 1. The molecular formula is C17H17Cl2FN2O3S. The molecule has 0 saturated heterocycles. The van der Waals surface area contributed by atoms with E-state index in [1.807, 2.05) is 0 Å². The van der Waals surface area contributed by atoms with Gasteiger partial charge in [0.15, 0.2) is 0 Å². The molecule has 0 aliphatic rings. The number of sulfonamides is 1. The number of hydrogen-bond donors (Lipinski definition) is 1. The van der Waals surface area contributed by atoms with Gasteiger partial charge in [-0.2, -0.15) is 0 Å². The molecule has 0 aliphatic heterocycles. The quantitative estimate of drug-likeness (QED) is 0.759. The van der Waals surface area contributed by atoms with Crippen LogP contribution >= 0.6 is 23.2 Å². The second-order valence-corrected chi connectivity index (χ2v) is 8.19. The average molecular weight is 419 g/mol. The van der Waals surface area contributed by atoms with Gasteiger partial charge in [0, 0.05) is 0 Å². The number of nitrogens with zero attached hydrogens (tertiary/aromatic N) is 1. The van der Waals surface area contributed by atoms with Crippen molar-refractivity contribution in [2.75, 3.05) is 15.9 Å². The lowest BCUT2D eigenvalue weighted by atomic mass is 10.1. The number of amides is 1. The smallest absolute Gasteiger partial charge is 0.248 e. The van der Waals surface area contributed by atoms with Crippen molar-refractivity contribution >= 4 is 50.5 Å². The Morgan fingerprint density at radius 1 is 1.19 bits per heavy atom. The van der Waals surface area contributed by atoms with Gasteiger partial charge in [0.2, 0.25) is 15.9 Å². The van der Waals surface area contributed by atoms with Gasteiger partial charge in [-0.3, -0.25) is 9.10 Å². The molecule has 0 radical (unpaired) electrons. The molecule has 0 fully saturated rings. The first-order valence-electron chi connectivity index (χ1n) is 7.65. The van der Waals surface area contributed by atoms with Crippen LogP contribution in [-0.4, -0.2) is 26.6 Å². The Kier molecular flexibility index (Phi) is 6.49. The Balaban J connectivity index is 2.40. The molecule has 0 aromatic heterocycles. The Hall–Kier alpha value is -1.83. The number of anilines is 2. The first kappa shape index (κ1) is 20.5. The fourth-order valence-corrected chi connectivity index (χ4v) is 4.02. The second-order valence-electron chi connectivity index (χ2n) is 5.55.